The summed E-state index contributed by atoms with van der Waals surface area (Å²) in [6.45, 7) is 0. The molecule has 0 fully saturated rings. The van der Waals surface area contributed by atoms with Gasteiger partial charge < -0.3 is 9.47 Å². The Hall–Kier alpha value is -2.93. The zero-order valence-corrected chi connectivity index (χ0v) is 14.1. The van der Waals surface area contributed by atoms with Crippen molar-refractivity contribution in [3.63, 3.8) is 0 Å². The highest BCUT2D eigenvalue weighted by Crippen LogP contribution is 2.31. The molecule has 0 radical (unpaired) electrons. The molecule has 0 unspecified atom stereocenters. The van der Waals surface area contributed by atoms with E-state index in [0.29, 0.717) is 22.1 Å². The lowest BCUT2D eigenvalue weighted by molar-refractivity contribution is 0.355. The molecule has 6 nitrogen and oxygen atoms in total. The molecule has 0 saturated carbocycles. The Kier molecular flexibility index (Phi) is 4.72. The Morgan fingerprint density at radius 2 is 1.83 bits per heavy atom. The number of aromatic nitrogens is 3. The molecule has 24 heavy (non-hydrogen) atoms. The van der Waals surface area contributed by atoms with Gasteiger partial charge in [-0.05, 0) is 36.0 Å². The molecule has 7 heteroatoms. The van der Waals surface area contributed by atoms with Crippen LogP contribution >= 0.6 is 12.2 Å². The van der Waals surface area contributed by atoms with Gasteiger partial charge in [0, 0.05) is 5.56 Å². The Bertz CT molecular complexity index is 916. The Morgan fingerprint density at radius 1 is 1.08 bits per heavy atom. The predicted molar refractivity (Wildman–Crippen MR) is 95.4 cm³/mol. The van der Waals surface area contributed by atoms with Crippen molar-refractivity contribution in [2.75, 3.05) is 14.2 Å². The molecule has 0 spiro atoms. The lowest BCUT2D eigenvalue weighted by atomic mass is 10.2. The van der Waals surface area contributed by atoms with Crippen LogP contribution in [-0.2, 0) is 0 Å². The number of nitrogens with one attached hydrogen (secondary N) is 1. The van der Waals surface area contributed by atoms with Gasteiger partial charge in [-0.1, -0.05) is 30.3 Å². The first-order valence-electron chi connectivity index (χ1n) is 7.22. The van der Waals surface area contributed by atoms with Crippen molar-refractivity contribution in [2.24, 2.45) is 5.10 Å². The molecule has 0 atom stereocenters. The van der Waals surface area contributed by atoms with Gasteiger partial charge in [-0.3, -0.25) is 0 Å². The van der Waals surface area contributed by atoms with Gasteiger partial charge in [0.15, 0.2) is 17.3 Å². The van der Waals surface area contributed by atoms with Gasteiger partial charge in [0.1, 0.15) is 0 Å². The van der Waals surface area contributed by atoms with Gasteiger partial charge in [-0.25, -0.2) is 5.10 Å². The number of H-pyrrole nitrogens is 1. The molecule has 3 rings (SSSR count). The summed E-state index contributed by atoms with van der Waals surface area (Å²) in [4.78, 5) is 0. The fraction of sp³-hybridized carbons (Fsp3) is 0.118. The van der Waals surface area contributed by atoms with Crippen molar-refractivity contribution in [3.8, 4) is 22.9 Å². The normalized spacial score (nSPS) is 10.9. The number of nitrogens with zero attached hydrogens (tertiary/aromatic N) is 3. The number of hydrogen-bond acceptors (Lipinski definition) is 5. The molecule has 1 aromatic heterocycles. The van der Waals surface area contributed by atoms with E-state index in [1.165, 1.54) is 0 Å². The highest BCUT2D eigenvalue weighted by molar-refractivity contribution is 7.71. The van der Waals surface area contributed by atoms with E-state index < -0.39 is 0 Å². The summed E-state index contributed by atoms with van der Waals surface area (Å²) in [6.07, 6.45) is 1.73. The molecule has 2 aromatic carbocycles. The van der Waals surface area contributed by atoms with E-state index >= 15 is 0 Å². The van der Waals surface area contributed by atoms with Crippen LogP contribution in [0.4, 0.5) is 0 Å². The molecule has 122 valence electrons. The first-order chi connectivity index (χ1) is 11.7. The zero-order chi connectivity index (χ0) is 16.9. The number of aromatic amines is 1. The number of hydrogen-bond donors (Lipinski definition) is 1. The van der Waals surface area contributed by atoms with Crippen molar-refractivity contribution < 1.29 is 9.47 Å². The SMILES string of the molecule is COc1ccc(-c2n[nH]c(=S)n2/N=C\c2ccccc2)cc1OC. The molecule has 0 aliphatic heterocycles. The van der Waals surface area contributed by atoms with Gasteiger partial charge in [-0.15, -0.1) is 0 Å². The van der Waals surface area contributed by atoms with Crippen LogP contribution in [0.15, 0.2) is 53.6 Å². The highest BCUT2D eigenvalue weighted by Gasteiger charge is 2.12. The minimum absolute atomic E-state index is 0.409. The monoisotopic (exact) mass is 340 g/mol. The van der Waals surface area contributed by atoms with Crippen molar-refractivity contribution in [1.82, 2.24) is 14.9 Å². The van der Waals surface area contributed by atoms with Gasteiger partial charge in [0.2, 0.25) is 4.77 Å². The van der Waals surface area contributed by atoms with E-state index in [2.05, 4.69) is 15.3 Å². The topological polar surface area (TPSA) is 64.4 Å². The summed E-state index contributed by atoms with van der Waals surface area (Å²) in [5.41, 5.74) is 1.78. The van der Waals surface area contributed by atoms with Crippen LogP contribution < -0.4 is 9.47 Å². The van der Waals surface area contributed by atoms with E-state index in [1.54, 1.807) is 25.1 Å². The van der Waals surface area contributed by atoms with Crippen molar-refractivity contribution >= 4 is 18.4 Å². The average Bonchev–Trinajstić information content (AvgIpc) is 3.00. The van der Waals surface area contributed by atoms with Crippen molar-refractivity contribution in [3.05, 3.63) is 58.9 Å². The lowest BCUT2D eigenvalue weighted by Crippen LogP contribution is -1.96. The van der Waals surface area contributed by atoms with E-state index in [0.717, 1.165) is 11.1 Å². The summed E-state index contributed by atoms with van der Waals surface area (Å²) in [6, 6.07) is 15.3. The van der Waals surface area contributed by atoms with Crippen LogP contribution in [0.1, 0.15) is 5.56 Å². The molecule has 0 amide bonds. The first kappa shape index (κ1) is 15.9. The van der Waals surface area contributed by atoms with Gasteiger partial charge >= 0.3 is 0 Å². The fourth-order valence-corrected chi connectivity index (χ4v) is 2.40. The largest absolute Gasteiger partial charge is 0.493 e. The van der Waals surface area contributed by atoms with Crippen LogP contribution in [0.2, 0.25) is 0 Å². The predicted octanol–water partition coefficient (Wildman–Crippen LogP) is 3.51. The van der Waals surface area contributed by atoms with E-state index in [-0.39, 0.29) is 0 Å². The molecular formula is C17H16N4O2S. The standard InChI is InChI=1S/C17H16N4O2S/c1-22-14-9-8-13(10-15(14)23-2)16-19-20-17(24)21(16)18-11-12-6-4-3-5-7-12/h3-11H,1-2H3,(H,20,24)/b18-11-. The molecule has 0 saturated heterocycles. The van der Waals surface area contributed by atoms with E-state index in [1.807, 2.05) is 48.5 Å². The maximum atomic E-state index is 5.34. The van der Waals surface area contributed by atoms with Crippen LogP contribution in [-0.4, -0.2) is 35.3 Å². The Labute approximate surface area is 144 Å². The van der Waals surface area contributed by atoms with Crippen LogP contribution in [0.5, 0.6) is 11.5 Å². The Morgan fingerprint density at radius 3 is 2.54 bits per heavy atom. The van der Waals surface area contributed by atoms with Gasteiger partial charge in [-0.2, -0.15) is 14.9 Å². The second-order valence-electron chi connectivity index (χ2n) is 4.89. The van der Waals surface area contributed by atoms with Crippen LogP contribution in [0.3, 0.4) is 0 Å². The maximum absolute atomic E-state index is 5.34. The zero-order valence-electron chi connectivity index (χ0n) is 13.3. The molecule has 1 heterocycles. The second kappa shape index (κ2) is 7.10. The average molecular weight is 340 g/mol. The summed E-state index contributed by atoms with van der Waals surface area (Å²) < 4.78 is 12.6. The van der Waals surface area contributed by atoms with E-state index in [9.17, 15) is 0 Å². The summed E-state index contributed by atoms with van der Waals surface area (Å²) >= 11 is 5.27. The van der Waals surface area contributed by atoms with Gasteiger partial charge in [0.25, 0.3) is 0 Å². The smallest absolute Gasteiger partial charge is 0.216 e. The van der Waals surface area contributed by atoms with Crippen molar-refractivity contribution in [1.29, 1.82) is 0 Å². The number of ether oxygens (including phenoxy) is 2. The van der Waals surface area contributed by atoms with E-state index in [4.69, 9.17) is 21.7 Å². The Balaban J connectivity index is 2.02. The molecule has 1 N–H and O–H groups in total. The summed E-state index contributed by atoms with van der Waals surface area (Å²) in [5.74, 6) is 1.85. The third-order valence-electron chi connectivity index (χ3n) is 3.41. The van der Waals surface area contributed by atoms with Crippen molar-refractivity contribution in [2.45, 2.75) is 0 Å². The first-order valence-corrected chi connectivity index (χ1v) is 7.63. The quantitative estimate of drug-likeness (QED) is 0.570. The third kappa shape index (κ3) is 3.21. The minimum Gasteiger partial charge on any atom is -0.493 e. The molecule has 3 aromatic rings. The minimum atomic E-state index is 0.409. The second-order valence-corrected chi connectivity index (χ2v) is 5.28. The fourth-order valence-electron chi connectivity index (χ4n) is 2.22. The maximum Gasteiger partial charge on any atom is 0.216 e. The third-order valence-corrected chi connectivity index (χ3v) is 3.68. The number of rotatable bonds is 5. The highest BCUT2D eigenvalue weighted by atomic mass is 32.1. The lowest BCUT2D eigenvalue weighted by Gasteiger charge is -2.09. The molecule has 0 aliphatic rings. The number of methoxy groups -OCH3 is 2. The number of benzene rings is 2. The summed E-state index contributed by atoms with van der Waals surface area (Å²) in [5, 5.41) is 11.5. The van der Waals surface area contributed by atoms with Crippen LogP contribution in [0, 0.1) is 4.77 Å². The molecule has 0 bridgehead atoms. The molecule has 0 aliphatic carbocycles. The molecular weight excluding hydrogens is 324 g/mol. The van der Waals surface area contributed by atoms with Crippen LogP contribution in [0.25, 0.3) is 11.4 Å². The summed E-state index contributed by atoms with van der Waals surface area (Å²) in [7, 11) is 3.18. The van der Waals surface area contributed by atoms with Gasteiger partial charge in [0.05, 0.1) is 20.4 Å².